The van der Waals surface area contributed by atoms with Crippen LogP contribution in [-0.2, 0) is 22.6 Å². The molecule has 0 bridgehead atoms. The van der Waals surface area contributed by atoms with Crippen LogP contribution in [0.2, 0.25) is 0 Å². The molecule has 2 aromatic carbocycles. The molecule has 26 heavy (non-hydrogen) atoms. The largest absolute Gasteiger partial charge is 0.308 e. The van der Waals surface area contributed by atoms with Gasteiger partial charge in [0.2, 0.25) is 11.8 Å². The number of amides is 3. The van der Waals surface area contributed by atoms with Crippen molar-refractivity contribution in [3.63, 3.8) is 0 Å². The number of rotatable bonds is 3. The second-order valence-electron chi connectivity index (χ2n) is 6.55. The molecule has 2 aliphatic heterocycles. The monoisotopic (exact) mass is 412 g/mol. The molecule has 0 atom stereocenters. The summed E-state index contributed by atoms with van der Waals surface area (Å²) < 4.78 is 1.01. The van der Waals surface area contributed by atoms with Crippen molar-refractivity contribution in [2.24, 2.45) is 0 Å². The molecule has 3 amide bonds. The van der Waals surface area contributed by atoms with Crippen molar-refractivity contribution in [2.45, 2.75) is 25.8 Å². The Morgan fingerprint density at radius 1 is 0.962 bits per heavy atom. The second-order valence-corrected chi connectivity index (χ2v) is 7.47. The molecule has 2 aromatic rings. The van der Waals surface area contributed by atoms with Gasteiger partial charge in [-0.15, -0.1) is 0 Å². The summed E-state index contributed by atoms with van der Waals surface area (Å²) in [7, 11) is 0. The van der Waals surface area contributed by atoms with Gasteiger partial charge in [0, 0.05) is 35.1 Å². The highest BCUT2D eigenvalue weighted by Gasteiger charge is 2.29. The van der Waals surface area contributed by atoms with E-state index in [0.717, 1.165) is 27.7 Å². The van der Waals surface area contributed by atoms with Crippen LogP contribution in [0.25, 0.3) is 0 Å². The van der Waals surface area contributed by atoms with Gasteiger partial charge in [-0.2, -0.15) is 0 Å². The molecule has 0 aliphatic carbocycles. The molecule has 5 nitrogen and oxygen atoms in total. The lowest BCUT2D eigenvalue weighted by molar-refractivity contribution is -0.139. The molecule has 0 N–H and O–H groups in total. The van der Waals surface area contributed by atoms with Gasteiger partial charge in [0.1, 0.15) is 0 Å². The number of carbonyl (C=O) groups excluding carboxylic acids is 3. The molecule has 0 radical (unpaired) electrons. The Bertz CT molecular complexity index is 892. The number of carbonyl (C=O) groups is 3. The van der Waals surface area contributed by atoms with Crippen molar-refractivity contribution < 1.29 is 14.4 Å². The van der Waals surface area contributed by atoms with E-state index in [1.165, 1.54) is 4.90 Å². The molecule has 1 fully saturated rings. The average molecular weight is 413 g/mol. The van der Waals surface area contributed by atoms with Gasteiger partial charge < -0.3 is 4.90 Å². The average Bonchev–Trinajstić information content (AvgIpc) is 3.19. The highest BCUT2D eigenvalue weighted by Crippen LogP contribution is 2.31. The molecule has 0 saturated carbocycles. The van der Waals surface area contributed by atoms with Gasteiger partial charge in [-0.25, -0.2) is 0 Å². The first-order valence-electron chi connectivity index (χ1n) is 8.55. The highest BCUT2D eigenvalue weighted by atomic mass is 79.9. The summed E-state index contributed by atoms with van der Waals surface area (Å²) in [6.45, 7) is 0.940. The molecule has 2 aliphatic rings. The van der Waals surface area contributed by atoms with Crippen LogP contribution in [0.4, 0.5) is 5.69 Å². The van der Waals surface area contributed by atoms with Crippen molar-refractivity contribution >= 4 is 39.3 Å². The second kappa shape index (κ2) is 6.68. The fraction of sp³-hybridized carbons (Fsp3) is 0.250. The number of nitrogens with zero attached hydrogens (tertiary/aromatic N) is 2. The summed E-state index contributed by atoms with van der Waals surface area (Å²) in [5, 5.41) is 0. The van der Waals surface area contributed by atoms with Gasteiger partial charge in [-0.1, -0.05) is 28.1 Å². The van der Waals surface area contributed by atoms with Crippen LogP contribution in [0.1, 0.15) is 34.3 Å². The smallest absolute Gasteiger partial charge is 0.258 e. The highest BCUT2D eigenvalue weighted by molar-refractivity contribution is 9.10. The third kappa shape index (κ3) is 3.05. The van der Waals surface area contributed by atoms with Gasteiger partial charge in [-0.3, -0.25) is 19.3 Å². The summed E-state index contributed by atoms with van der Waals surface area (Å²) in [4.78, 5) is 39.4. The lowest BCUT2D eigenvalue weighted by Gasteiger charge is -2.18. The van der Waals surface area contributed by atoms with E-state index in [1.807, 2.05) is 24.3 Å². The molecule has 132 valence electrons. The molecular weight excluding hydrogens is 396 g/mol. The number of hydrogen-bond donors (Lipinski definition) is 0. The van der Waals surface area contributed by atoms with E-state index in [-0.39, 0.29) is 24.3 Å². The minimum Gasteiger partial charge on any atom is -0.308 e. The molecular formula is C20H17BrN2O3. The molecule has 1 saturated heterocycles. The van der Waals surface area contributed by atoms with Crippen molar-refractivity contribution in [3.05, 3.63) is 63.6 Å². The first kappa shape index (κ1) is 17.0. The Labute approximate surface area is 159 Å². The van der Waals surface area contributed by atoms with Crippen LogP contribution in [0.15, 0.2) is 46.9 Å². The zero-order chi connectivity index (χ0) is 18.3. The number of imide groups is 1. The van der Waals surface area contributed by atoms with Gasteiger partial charge in [0.05, 0.1) is 6.54 Å². The zero-order valence-electron chi connectivity index (χ0n) is 14.1. The summed E-state index contributed by atoms with van der Waals surface area (Å²) in [6, 6.07) is 13.1. The van der Waals surface area contributed by atoms with Crippen molar-refractivity contribution in [2.75, 3.05) is 11.4 Å². The van der Waals surface area contributed by atoms with Crippen LogP contribution in [0, 0.1) is 0 Å². The van der Waals surface area contributed by atoms with Crippen LogP contribution in [-0.4, -0.2) is 29.2 Å². The zero-order valence-corrected chi connectivity index (χ0v) is 15.7. The quantitative estimate of drug-likeness (QED) is 0.726. The van der Waals surface area contributed by atoms with E-state index in [1.54, 1.807) is 17.0 Å². The van der Waals surface area contributed by atoms with E-state index >= 15 is 0 Å². The first-order valence-corrected chi connectivity index (χ1v) is 9.34. The molecule has 0 aromatic heterocycles. The standard InChI is InChI=1S/C20H17BrN2O3/c21-16-5-6-17-15(11-16)9-10-22(17)20(26)14-3-1-13(2-4-14)12-23-18(24)7-8-19(23)25/h1-6,11H,7-10,12H2. The fourth-order valence-corrected chi connectivity index (χ4v) is 3.88. The maximum atomic E-state index is 12.9. The number of fused-ring (bicyclic) bond motifs is 1. The number of likely N-dealkylation sites (tertiary alicyclic amines) is 1. The van der Waals surface area contributed by atoms with Gasteiger partial charge in [0.15, 0.2) is 0 Å². The predicted molar refractivity (Wildman–Crippen MR) is 101 cm³/mol. The normalized spacial score (nSPS) is 16.3. The molecule has 4 rings (SSSR count). The Kier molecular flexibility index (Phi) is 4.36. The molecule has 2 heterocycles. The minimum atomic E-state index is -0.130. The Balaban J connectivity index is 1.50. The van der Waals surface area contributed by atoms with E-state index in [9.17, 15) is 14.4 Å². The number of hydrogen-bond acceptors (Lipinski definition) is 3. The SMILES string of the molecule is O=C1CCC(=O)N1Cc1ccc(C(=O)N2CCc3cc(Br)ccc32)cc1. The number of halogens is 1. The maximum Gasteiger partial charge on any atom is 0.258 e. The lowest BCUT2D eigenvalue weighted by atomic mass is 10.1. The Morgan fingerprint density at radius 3 is 2.35 bits per heavy atom. The van der Waals surface area contributed by atoms with Gasteiger partial charge >= 0.3 is 0 Å². The van der Waals surface area contributed by atoms with Gasteiger partial charge in [-0.05, 0) is 47.9 Å². The number of benzene rings is 2. The van der Waals surface area contributed by atoms with Crippen LogP contribution in [0.3, 0.4) is 0 Å². The van der Waals surface area contributed by atoms with E-state index in [2.05, 4.69) is 22.0 Å². The topological polar surface area (TPSA) is 57.7 Å². The summed E-state index contributed by atoms with van der Waals surface area (Å²) in [5.74, 6) is -0.295. The summed E-state index contributed by atoms with van der Waals surface area (Å²) in [6.07, 6.45) is 1.43. The third-order valence-corrected chi connectivity index (χ3v) is 5.37. The van der Waals surface area contributed by atoms with E-state index < -0.39 is 0 Å². The Morgan fingerprint density at radius 2 is 1.65 bits per heavy atom. The summed E-state index contributed by atoms with van der Waals surface area (Å²) in [5.41, 5.74) is 3.56. The predicted octanol–water partition coefficient (Wildman–Crippen LogP) is 3.30. The molecule has 0 unspecified atom stereocenters. The van der Waals surface area contributed by atoms with Crippen molar-refractivity contribution in [3.8, 4) is 0 Å². The maximum absolute atomic E-state index is 12.9. The van der Waals surface area contributed by atoms with Crippen LogP contribution in [0.5, 0.6) is 0 Å². The molecule has 6 heteroatoms. The van der Waals surface area contributed by atoms with Crippen molar-refractivity contribution in [1.29, 1.82) is 0 Å². The summed E-state index contributed by atoms with van der Waals surface area (Å²) >= 11 is 3.46. The Hall–Kier alpha value is -2.47. The molecule has 0 spiro atoms. The van der Waals surface area contributed by atoms with Crippen molar-refractivity contribution in [1.82, 2.24) is 4.90 Å². The fourth-order valence-electron chi connectivity index (χ4n) is 3.47. The van der Waals surface area contributed by atoms with Crippen LogP contribution >= 0.6 is 15.9 Å². The van der Waals surface area contributed by atoms with Crippen LogP contribution < -0.4 is 4.90 Å². The third-order valence-electron chi connectivity index (χ3n) is 4.88. The van der Waals surface area contributed by atoms with E-state index in [0.29, 0.717) is 24.9 Å². The minimum absolute atomic E-state index is 0.0362. The lowest BCUT2D eigenvalue weighted by Crippen LogP contribution is -2.29. The van der Waals surface area contributed by atoms with E-state index in [4.69, 9.17) is 0 Å². The first-order chi connectivity index (χ1) is 12.5. The number of anilines is 1. The van der Waals surface area contributed by atoms with Gasteiger partial charge in [0.25, 0.3) is 5.91 Å².